The zero-order valence-electron chi connectivity index (χ0n) is 15.8. The van der Waals surface area contributed by atoms with Gasteiger partial charge in [-0.2, -0.15) is 11.8 Å². The maximum Gasteiger partial charge on any atom is 0.168 e. The Morgan fingerprint density at radius 2 is 1.52 bits per heavy atom. The van der Waals surface area contributed by atoms with Crippen LogP contribution in [0.2, 0.25) is 0 Å². The number of aromatic nitrogens is 3. The molecule has 0 bridgehead atoms. The van der Waals surface area contributed by atoms with Crippen LogP contribution in [0.5, 0.6) is 11.5 Å². The van der Waals surface area contributed by atoms with Crippen LogP contribution < -0.4 is 4.74 Å². The normalized spacial score (nSPS) is 10.8. The molecule has 0 saturated heterocycles. The molecule has 0 aliphatic carbocycles. The van der Waals surface area contributed by atoms with Crippen molar-refractivity contribution in [1.29, 1.82) is 0 Å². The fourth-order valence-electron chi connectivity index (χ4n) is 2.95. The third-order valence-corrected chi connectivity index (χ3v) is 5.26. The lowest BCUT2D eigenvalue weighted by atomic mass is 10.2. The standard InChI is InChI=1S/C23H21N3O2S/c27-20-13-11-18(12-14-20)23-25-24-22(26(23)19-7-3-1-4-8-19)17-29-16-15-28-21-9-5-2-6-10-21/h1-14,27H,15-17H2. The predicted octanol–water partition coefficient (Wildman–Crippen LogP) is 4.95. The number of phenols is 1. The highest BCUT2D eigenvalue weighted by Gasteiger charge is 2.15. The van der Waals surface area contributed by atoms with Crippen molar-refractivity contribution in [2.24, 2.45) is 0 Å². The number of phenolic OH excluding ortho intramolecular Hbond substituents is 1. The molecule has 1 N–H and O–H groups in total. The summed E-state index contributed by atoms with van der Waals surface area (Å²) in [5.41, 5.74) is 1.92. The van der Waals surface area contributed by atoms with Crippen molar-refractivity contribution in [2.45, 2.75) is 5.75 Å². The zero-order valence-corrected chi connectivity index (χ0v) is 16.6. The largest absolute Gasteiger partial charge is 0.508 e. The van der Waals surface area contributed by atoms with Gasteiger partial charge in [-0.15, -0.1) is 10.2 Å². The summed E-state index contributed by atoms with van der Waals surface area (Å²) in [6, 6.07) is 26.9. The number of ether oxygens (including phenoxy) is 1. The Hall–Kier alpha value is -3.25. The third kappa shape index (κ3) is 4.78. The zero-order chi connectivity index (χ0) is 19.9. The van der Waals surface area contributed by atoms with Crippen LogP contribution in [-0.2, 0) is 5.75 Å². The minimum Gasteiger partial charge on any atom is -0.508 e. The highest BCUT2D eigenvalue weighted by atomic mass is 32.2. The second-order valence-electron chi connectivity index (χ2n) is 6.37. The lowest BCUT2D eigenvalue weighted by Crippen LogP contribution is -2.04. The summed E-state index contributed by atoms with van der Waals surface area (Å²) < 4.78 is 7.82. The molecule has 1 heterocycles. The van der Waals surface area contributed by atoms with Crippen molar-refractivity contribution in [3.05, 3.63) is 90.8 Å². The van der Waals surface area contributed by atoms with Crippen molar-refractivity contribution in [2.75, 3.05) is 12.4 Å². The van der Waals surface area contributed by atoms with Gasteiger partial charge in [0.15, 0.2) is 5.82 Å². The molecule has 0 fully saturated rings. The number of hydrogen-bond donors (Lipinski definition) is 1. The van der Waals surface area contributed by atoms with Gasteiger partial charge in [-0.05, 0) is 48.5 Å². The van der Waals surface area contributed by atoms with Gasteiger partial charge in [0.2, 0.25) is 0 Å². The van der Waals surface area contributed by atoms with Crippen molar-refractivity contribution in [3.8, 4) is 28.6 Å². The maximum absolute atomic E-state index is 9.59. The Morgan fingerprint density at radius 3 is 2.24 bits per heavy atom. The first-order valence-electron chi connectivity index (χ1n) is 9.36. The summed E-state index contributed by atoms with van der Waals surface area (Å²) in [6.45, 7) is 0.638. The molecule has 5 nitrogen and oxygen atoms in total. The summed E-state index contributed by atoms with van der Waals surface area (Å²) in [6.07, 6.45) is 0. The van der Waals surface area contributed by atoms with Crippen LogP contribution >= 0.6 is 11.8 Å². The smallest absolute Gasteiger partial charge is 0.168 e. The molecule has 1 aromatic heterocycles. The molecule has 0 saturated carbocycles. The monoisotopic (exact) mass is 403 g/mol. The summed E-state index contributed by atoms with van der Waals surface area (Å²) in [7, 11) is 0. The van der Waals surface area contributed by atoms with E-state index in [-0.39, 0.29) is 5.75 Å². The van der Waals surface area contributed by atoms with E-state index in [2.05, 4.69) is 14.8 Å². The third-order valence-electron chi connectivity index (χ3n) is 4.34. The Balaban J connectivity index is 1.48. The molecule has 0 atom stereocenters. The lowest BCUT2D eigenvalue weighted by molar-refractivity contribution is 0.344. The van der Waals surface area contributed by atoms with Crippen LogP contribution in [-0.4, -0.2) is 32.2 Å². The number of nitrogens with zero attached hydrogens (tertiary/aromatic N) is 3. The number of para-hydroxylation sites is 2. The van der Waals surface area contributed by atoms with E-state index in [0.29, 0.717) is 6.61 Å². The fraction of sp³-hybridized carbons (Fsp3) is 0.130. The second kappa shape index (κ2) is 9.30. The van der Waals surface area contributed by atoms with Gasteiger partial charge in [0, 0.05) is 17.0 Å². The predicted molar refractivity (Wildman–Crippen MR) is 117 cm³/mol. The molecule has 0 unspecified atom stereocenters. The van der Waals surface area contributed by atoms with E-state index < -0.39 is 0 Å². The Morgan fingerprint density at radius 1 is 0.828 bits per heavy atom. The fourth-order valence-corrected chi connectivity index (χ4v) is 3.67. The van der Waals surface area contributed by atoms with Crippen LogP contribution in [0.3, 0.4) is 0 Å². The highest BCUT2D eigenvalue weighted by molar-refractivity contribution is 7.98. The molecule has 0 aliphatic heterocycles. The second-order valence-corrected chi connectivity index (χ2v) is 7.48. The van der Waals surface area contributed by atoms with Crippen molar-refractivity contribution < 1.29 is 9.84 Å². The van der Waals surface area contributed by atoms with Crippen LogP contribution in [0.1, 0.15) is 5.82 Å². The molecule has 0 aliphatic rings. The van der Waals surface area contributed by atoms with E-state index in [1.165, 1.54) is 0 Å². The number of thioether (sulfide) groups is 1. The molecule has 0 radical (unpaired) electrons. The maximum atomic E-state index is 9.59. The summed E-state index contributed by atoms with van der Waals surface area (Å²) >= 11 is 1.76. The number of aromatic hydroxyl groups is 1. The molecule has 0 amide bonds. The molecule has 4 aromatic rings. The first-order valence-corrected chi connectivity index (χ1v) is 10.5. The summed E-state index contributed by atoms with van der Waals surface area (Å²) in [5.74, 6) is 4.32. The molecule has 3 aromatic carbocycles. The first-order chi connectivity index (χ1) is 14.3. The number of hydrogen-bond acceptors (Lipinski definition) is 5. The van der Waals surface area contributed by atoms with E-state index in [1.54, 1.807) is 23.9 Å². The first kappa shape index (κ1) is 19.1. The van der Waals surface area contributed by atoms with Gasteiger partial charge < -0.3 is 9.84 Å². The number of rotatable bonds is 8. The van der Waals surface area contributed by atoms with E-state index in [9.17, 15) is 5.11 Å². The van der Waals surface area contributed by atoms with Crippen molar-refractivity contribution in [1.82, 2.24) is 14.8 Å². The van der Waals surface area contributed by atoms with Crippen molar-refractivity contribution in [3.63, 3.8) is 0 Å². The molecule has 146 valence electrons. The van der Waals surface area contributed by atoms with Gasteiger partial charge in [0.25, 0.3) is 0 Å². The average Bonchev–Trinajstić information content (AvgIpc) is 3.19. The average molecular weight is 404 g/mol. The van der Waals surface area contributed by atoms with E-state index >= 15 is 0 Å². The topological polar surface area (TPSA) is 60.2 Å². The molecule has 4 rings (SSSR count). The number of benzene rings is 3. The van der Waals surface area contributed by atoms with Crippen molar-refractivity contribution >= 4 is 11.8 Å². The van der Waals surface area contributed by atoms with Gasteiger partial charge in [0.1, 0.15) is 17.3 Å². The quantitative estimate of drug-likeness (QED) is 0.422. The summed E-state index contributed by atoms with van der Waals surface area (Å²) in [4.78, 5) is 0. The Kier molecular flexibility index (Phi) is 6.12. The van der Waals surface area contributed by atoms with Gasteiger partial charge in [-0.1, -0.05) is 36.4 Å². The lowest BCUT2D eigenvalue weighted by Gasteiger charge is -2.11. The minimum atomic E-state index is 0.230. The van der Waals surface area contributed by atoms with Crippen LogP contribution in [0.4, 0.5) is 0 Å². The van der Waals surface area contributed by atoms with Crippen LogP contribution in [0.15, 0.2) is 84.9 Å². The van der Waals surface area contributed by atoms with Crippen LogP contribution in [0, 0.1) is 0 Å². The molecular formula is C23H21N3O2S. The molecule has 6 heteroatoms. The van der Waals surface area contributed by atoms with E-state index in [4.69, 9.17) is 4.74 Å². The van der Waals surface area contributed by atoms with Gasteiger partial charge in [0.05, 0.1) is 12.4 Å². The molecular weight excluding hydrogens is 382 g/mol. The molecule has 0 spiro atoms. The Bertz CT molecular complexity index is 1030. The summed E-state index contributed by atoms with van der Waals surface area (Å²) in [5, 5.41) is 18.4. The van der Waals surface area contributed by atoms with Gasteiger partial charge >= 0.3 is 0 Å². The van der Waals surface area contributed by atoms with Gasteiger partial charge in [-0.25, -0.2) is 0 Å². The van der Waals surface area contributed by atoms with E-state index in [1.807, 2.05) is 72.8 Å². The highest BCUT2D eigenvalue weighted by Crippen LogP contribution is 2.26. The SMILES string of the molecule is Oc1ccc(-c2nnc(CSCCOc3ccccc3)n2-c2ccccc2)cc1. The minimum absolute atomic E-state index is 0.230. The Labute approximate surface area is 174 Å². The van der Waals surface area contributed by atoms with E-state index in [0.717, 1.165) is 40.2 Å². The van der Waals surface area contributed by atoms with Crippen LogP contribution in [0.25, 0.3) is 17.1 Å². The van der Waals surface area contributed by atoms with Gasteiger partial charge in [-0.3, -0.25) is 4.57 Å². The molecule has 29 heavy (non-hydrogen) atoms.